The van der Waals surface area contributed by atoms with E-state index in [1.54, 1.807) is 32.2 Å². The van der Waals surface area contributed by atoms with E-state index in [1.807, 2.05) is 29.8 Å². The normalized spacial score (nSPS) is 22.1. The van der Waals surface area contributed by atoms with Crippen molar-refractivity contribution in [2.75, 3.05) is 29.1 Å². The lowest BCUT2D eigenvalue weighted by atomic mass is 10.1. The minimum Gasteiger partial charge on any atom is -0.362 e. The molecule has 13 nitrogen and oxygen atoms in total. The van der Waals surface area contributed by atoms with Crippen LogP contribution in [0.1, 0.15) is 72.7 Å². The molecule has 0 radical (unpaired) electrons. The van der Waals surface area contributed by atoms with Gasteiger partial charge >= 0.3 is 6.03 Å². The number of hydrogen-bond donors (Lipinski definition) is 2. The van der Waals surface area contributed by atoms with E-state index in [1.165, 1.54) is 11.9 Å². The zero-order valence-electron chi connectivity index (χ0n) is 24.7. The molecule has 2 N–H and O–H groups in total. The summed E-state index contributed by atoms with van der Waals surface area (Å²) in [7, 11) is 1.48. The van der Waals surface area contributed by atoms with Gasteiger partial charge in [0.15, 0.2) is 11.3 Å². The van der Waals surface area contributed by atoms with Crippen molar-refractivity contribution >= 4 is 40.8 Å². The third-order valence-electron chi connectivity index (χ3n) is 8.38. The second-order valence-corrected chi connectivity index (χ2v) is 11.8. The van der Waals surface area contributed by atoms with Crippen molar-refractivity contribution in [3.05, 3.63) is 65.4 Å². The van der Waals surface area contributed by atoms with Crippen molar-refractivity contribution in [1.82, 2.24) is 34.2 Å². The van der Waals surface area contributed by atoms with Gasteiger partial charge in [-0.3, -0.25) is 19.4 Å². The van der Waals surface area contributed by atoms with Crippen LogP contribution in [0.25, 0.3) is 5.65 Å². The van der Waals surface area contributed by atoms with E-state index >= 15 is 4.39 Å². The molecule has 0 unspecified atom stereocenters. The number of imide groups is 1. The number of aromatic nitrogens is 6. The molecule has 2 saturated carbocycles. The first-order valence-electron chi connectivity index (χ1n) is 14.5. The van der Waals surface area contributed by atoms with E-state index in [2.05, 4.69) is 30.6 Å². The molecule has 0 aromatic carbocycles. The Morgan fingerprint density at radius 1 is 1.09 bits per heavy atom. The molecule has 44 heavy (non-hydrogen) atoms. The summed E-state index contributed by atoms with van der Waals surface area (Å²) in [6.07, 6.45) is 7.62. The summed E-state index contributed by atoms with van der Waals surface area (Å²) in [4.78, 5) is 62.6. The summed E-state index contributed by atoms with van der Waals surface area (Å²) >= 11 is 0. The number of urea groups is 1. The van der Waals surface area contributed by atoms with E-state index in [0.717, 1.165) is 23.3 Å². The molecular formula is C30H31FN10O3. The quantitative estimate of drug-likeness (QED) is 0.289. The van der Waals surface area contributed by atoms with Crippen LogP contribution in [0.4, 0.5) is 26.5 Å². The number of alkyl halides is 1. The lowest BCUT2D eigenvalue weighted by Gasteiger charge is -2.17. The first kappa shape index (κ1) is 27.8. The van der Waals surface area contributed by atoms with Crippen molar-refractivity contribution < 1.29 is 18.8 Å². The van der Waals surface area contributed by atoms with Crippen LogP contribution >= 0.6 is 0 Å². The molecule has 4 amide bonds. The van der Waals surface area contributed by atoms with Gasteiger partial charge in [0.05, 0.1) is 23.3 Å². The third-order valence-corrected chi connectivity index (χ3v) is 8.38. The van der Waals surface area contributed by atoms with Gasteiger partial charge in [0.25, 0.3) is 5.91 Å². The summed E-state index contributed by atoms with van der Waals surface area (Å²) in [5.74, 6) is -0.0894. The maximum absolute atomic E-state index is 15.5. The molecule has 0 spiro atoms. The number of nitrogens with one attached hydrogen (secondary N) is 2. The number of fused-ring (bicyclic) bond motifs is 1. The number of nitrogens with zero attached hydrogens (tertiary/aromatic N) is 8. The highest BCUT2D eigenvalue weighted by molar-refractivity contribution is 6.13. The number of aryl methyl sites for hydroxylation is 2. The fourth-order valence-electron chi connectivity index (χ4n) is 5.60. The number of hydrogen-bond acceptors (Lipinski definition) is 9. The van der Waals surface area contributed by atoms with Gasteiger partial charge in [-0.15, -0.1) is 0 Å². The molecule has 5 heterocycles. The van der Waals surface area contributed by atoms with Crippen molar-refractivity contribution in [2.24, 2.45) is 0 Å². The Labute approximate surface area is 251 Å². The number of carbonyl (C=O) groups is 3. The molecule has 4 aromatic rings. The molecule has 4 aromatic heterocycles. The SMILES string of the molecule is Cc1ccnc([C@H]2C[C@]2(F)C(=O)Nc2cc(N[C@H](C)c3cn4cc(C5CC5)cc(N5CC(=O)N(C)C5=O)c4n3)nc(C)n2)n1. The van der Waals surface area contributed by atoms with Gasteiger partial charge in [0.1, 0.15) is 29.8 Å². The lowest BCUT2D eigenvalue weighted by molar-refractivity contribution is -0.124. The highest BCUT2D eigenvalue weighted by atomic mass is 19.1. The predicted molar refractivity (Wildman–Crippen MR) is 158 cm³/mol. The highest BCUT2D eigenvalue weighted by Gasteiger charge is 2.64. The molecule has 2 aliphatic carbocycles. The Kier molecular flexibility index (Phi) is 6.34. The fraction of sp³-hybridized carbons (Fsp3) is 0.400. The van der Waals surface area contributed by atoms with Gasteiger partial charge in [-0.05, 0) is 57.2 Å². The zero-order chi connectivity index (χ0) is 30.9. The average molecular weight is 599 g/mol. The van der Waals surface area contributed by atoms with Gasteiger partial charge in [0, 0.05) is 43.8 Å². The second-order valence-electron chi connectivity index (χ2n) is 11.8. The molecular weight excluding hydrogens is 567 g/mol. The Hall–Kier alpha value is -5.01. The molecule has 3 aliphatic rings. The summed E-state index contributed by atoms with van der Waals surface area (Å²) in [6, 6.07) is 4.49. The van der Waals surface area contributed by atoms with E-state index < -0.39 is 17.5 Å². The first-order valence-corrected chi connectivity index (χ1v) is 14.5. The Balaban J connectivity index is 1.11. The van der Waals surface area contributed by atoms with Gasteiger partial charge in [0.2, 0.25) is 5.91 Å². The summed E-state index contributed by atoms with van der Waals surface area (Å²) in [5, 5.41) is 5.89. The van der Waals surface area contributed by atoms with Gasteiger partial charge in [-0.1, -0.05) is 0 Å². The number of pyridine rings is 1. The smallest absolute Gasteiger partial charge is 0.331 e. The maximum atomic E-state index is 15.5. The van der Waals surface area contributed by atoms with Gasteiger partial charge in [-0.2, -0.15) is 0 Å². The van der Waals surface area contributed by atoms with Gasteiger partial charge in [-0.25, -0.2) is 34.1 Å². The number of imidazole rings is 1. The number of rotatable bonds is 8. The van der Waals surface area contributed by atoms with E-state index in [0.29, 0.717) is 46.1 Å². The Bertz CT molecular complexity index is 1860. The zero-order valence-corrected chi connectivity index (χ0v) is 24.7. The molecule has 0 bridgehead atoms. The second kappa shape index (κ2) is 10.0. The monoisotopic (exact) mass is 598 g/mol. The van der Waals surface area contributed by atoms with Crippen LogP contribution in [-0.4, -0.2) is 71.3 Å². The molecule has 3 fully saturated rings. The highest BCUT2D eigenvalue weighted by Crippen LogP contribution is 2.54. The minimum absolute atomic E-state index is 0.000298. The standard InChI is InChI=1S/C30H31FN10O3/c1-15-7-8-32-26(33-15)20-11-30(20,31)28(43)38-24-10-23(35-17(3)36-24)34-16(2)21-13-40-12-19(18-5-6-18)9-22(27(40)37-21)41-14-25(42)39(4)29(41)44/h7-10,12-13,16,18,20H,5-6,11,14H2,1-4H3,(H2,34,35,36,38,43)/t16-,20-,30-/m1/s1. The van der Waals surface area contributed by atoms with E-state index in [4.69, 9.17) is 4.98 Å². The Morgan fingerprint density at radius 3 is 2.57 bits per heavy atom. The molecule has 3 atom stereocenters. The number of likely N-dealkylation sites (N-methyl/N-ethyl adjacent to an activating group) is 1. The van der Waals surface area contributed by atoms with Crippen LogP contribution in [-0.2, 0) is 9.59 Å². The number of amides is 4. The summed E-state index contributed by atoms with van der Waals surface area (Å²) in [5.41, 5.74) is 1.51. The first-order chi connectivity index (χ1) is 21.0. The maximum Gasteiger partial charge on any atom is 0.331 e. The van der Waals surface area contributed by atoms with Crippen molar-refractivity contribution in [1.29, 1.82) is 0 Å². The van der Waals surface area contributed by atoms with Crippen LogP contribution in [0.3, 0.4) is 0 Å². The third kappa shape index (κ3) is 4.89. The summed E-state index contributed by atoms with van der Waals surface area (Å²) in [6.45, 7) is 5.34. The number of halogens is 1. The lowest BCUT2D eigenvalue weighted by Crippen LogP contribution is -2.30. The van der Waals surface area contributed by atoms with Crippen LogP contribution in [0.5, 0.6) is 0 Å². The largest absolute Gasteiger partial charge is 0.362 e. The summed E-state index contributed by atoms with van der Waals surface area (Å²) < 4.78 is 17.4. The molecule has 1 aliphatic heterocycles. The molecule has 226 valence electrons. The minimum atomic E-state index is -2.11. The number of carbonyl (C=O) groups excluding carboxylic acids is 3. The molecule has 14 heteroatoms. The van der Waals surface area contributed by atoms with Crippen LogP contribution in [0.15, 0.2) is 36.8 Å². The van der Waals surface area contributed by atoms with Crippen molar-refractivity contribution in [3.8, 4) is 0 Å². The average Bonchev–Trinajstić information content (AvgIpc) is 3.88. The van der Waals surface area contributed by atoms with Gasteiger partial charge < -0.3 is 15.0 Å². The Morgan fingerprint density at radius 2 is 1.86 bits per heavy atom. The van der Waals surface area contributed by atoms with Crippen LogP contribution in [0, 0.1) is 13.8 Å². The molecule has 1 saturated heterocycles. The predicted octanol–water partition coefficient (Wildman–Crippen LogP) is 3.81. The van der Waals surface area contributed by atoms with Crippen LogP contribution in [0.2, 0.25) is 0 Å². The fourth-order valence-corrected chi connectivity index (χ4v) is 5.60. The molecule has 7 rings (SSSR count). The van der Waals surface area contributed by atoms with Crippen LogP contribution < -0.4 is 15.5 Å². The number of anilines is 3. The van der Waals surface area contributed by atoms with Crippen molar-refractivity contribution in [3.63, 3.8) is 0 Å². The topological polar surface area (TPSA) is 151 Å². The van der Waals surface area contributed by atoms with E-state index in [-0.39, 0.29) is 36.8 Å². The van der Waals surface area contributed by atoms with E-state index in [9.17, 15) is 14.4 Å². The van der Waals surface area contributed by atoms with Crippen molar-refractivity contribution in [2.45, 2.75) is 63.6 Å².